The molecule has 0 N–H and O–H groups in total. The van der Waals surface area contributed by atoms with Gasteiger partial charge in [0.05, 0.1) is 11.8 Å². The van der Waals surface area contributed by atoms with Gasteiger partial charge in [0.25, 0.3) is 0 Å². The molecule has 23 heavy (non-hydrogen) atoms. The highest BCUT2D eigenvalue weighted by atomic mass is 79.9. The van der Waals surface area contributed by atoms with E-state index in [0.717, 1.165) is 28.8 Å². The molecule has 4 heteroatoms. The molecule has 2 aliphatic rings. The van der Waals surface area contributed by atoms with Gasteiger partial charge < -0.3 is 4.74 Å². The molecule has 0 bridgehead atoms. The maximum Gasteiger partial charge on any atom is 0.187 e. The number of hydrogen-bond acceptors (Lipinski definition) is 3. The first-order chi connectivity index (χ1) is 11.2. The van der Waals surface area contributed by atoms with Gasteiger partial charge in [0.2, 0.25) is 0 Å². The summed E-state index contributed by atoms with van der Waals surface area (Å²) < 4.78 is 7.23. The maximum atomic E-state index is 6.15. The van der Waals surface area contributed by atoms with Crippen LogP contribution < -0.4 is 4.74 Å². The zero-order valence-corrected chi connectivity index (χ0v) is 14.9. The Balaban J connectivity index is 1.73. The number of rotatable bonds is 2. The molecule has 118 valence electrons. The summed E-state index contributed by atoms with van der Waals surface area (Å²) >= 11 is 3.58. The van der Waals surface area contributed by atoms with Crippen LogP contribution in [-0.4, -0.2) is 16.9 Å². The van der Waals surface area contributed by atoms with Crippen LogP contribution in [0.4, 0.5) is 0 Å². The van der Waals surface area contributed by atoms with E-state index >= 15 is 0 Å². The molecule has 4 rings (SSSR count). The lowest BCUT2D eigenvalue weighted by atomic mass is 9.96. The van der Waals surface area contributed by atoms with Crippen molar-refractivity contribution in [3.8, 4) is 5.75 Å². The lowest BCUT2D eigenvalue weighted by Gasteiger charge is -2.37. The van der Waals surface area contributed by atoms with Crippen LogP contribution >= 0.6 is 15.9 Å². The average molecular weight is 371 g/mol. The fourth-order valence-electron chi connectivity index (χ4n) is 3.32. The number of aryl methyl sites for hydroxylation is 1. The number of benzene rings is 2. The predicted molar refractivity (Wildman–Crippen MR) is 95.8 cm³/mol. The van der Waals surface area contributed by atoms with Crippen LogP contribution in [0.3, 0.4) is 0 Å². The number of fused-ring (bicyclic) bond motifs is 3. The van der Waals surface area contributed by atoms with E-state index < -0.39 is 0 Å². The molecule has 0 fully saturated rings. The van der Waals surface area contributed by atoms with E-state index in [0.29, 0.717) is 0 Å². The van der Waals surface area contributed by atoms with Gasteiger partial charge in [-0.25, -0.2) is 0 Å². The van der Waals surface area contributed by atoms with Gasteiger partial charge in [-0.3, -0.25) is 5.01 Å². The minimum absolute atomic E-state index is 0.0108. The van der Waals surface area contributed by atoms with Crippen molar-refractivity contribution in [2.24, 2.45) is 5.10 Å². The minimum Gasteiger partial charge on any atom is -0.469 e. The zero-order chi connectivity index (χ0) is 16.0. The van der Waals surface area contributed by atoms with Crippen molar-refractivity contribution in [1.29, 1.82) is 0 Å². The first-order valence-corrected chi connectivity index (χ1v) is 8.84. The SMILES string of the molecule is CC[C@H]1Oc2ccc(Br)cc2[C@@H]2CC(c3ccc(C)cc3)=NN12. The lowest BCUT2D eigenvalue weighted by molar-refractivity contribution is -0.0188. The van der Waals surface area contributed by atoms with Crippen LogP contribution in [0.15, 0.2) is 52.0 Å². The van der Waals surface area contributed by atoms with E-state index in [1.807, 2.05) is 6.07 Å². The van der Waals surface area contributed by atoms with Crippen molar-refractivity contribution >= 4 is 21.6 Å². The highest BCUT2D eigenvalue weighted by Gasteiger charge is 2.39. The Morgan fingerprint density at radius 1 is 1.22 bits per heavy atom. The topological polar surface area (TPSA) is 24.8 Å². The molecule has 0 unspecified atom stereocenters. The molecule has 0 saturated carbocycles. The second-order valence-corrected chi connectivity index (χ2v) is 7.09. The Hall–Kier alpha value is -1.81. The number of halogens is 1. The quantitative estimate of drug-likeness (QED) is 0.739. The standard InChI is InChI=1S/C19H19BrN2O/c1-3-19-22-17(15-10-14(20)8-9-18(15)23-19)11-16(21-22)13-6-4-12(2)5-7-13/h4-10,17,19H,3,11H2,1-2H3/t17-,19+/m0/s1. The number of hydrogen-bond donors (Lipinski definition) is 0. The van der Waals surface area contributed by atoms with Crippen LogP contribution in [0.5, 0.6) is 5.75 Å². The highest BCUT2D eigenvalue weighted by Crippen LogP contribution is 2.44. The Kier molecular flexibility index (Phi) is 3.64. The van der Waals surface area contributed by atoms with E-state index in [9.17, 15) is 0 Å². The van der Waals surface area contributed by atoms with Gasteiger partial charge in [-0.1, -0.05) is 52.7 Å². The van der Waals surface area contributed by atoms with E-state index in [4.69, 9.17) is 9.84 Å². The van der Waals surface area contributed by atoms with Gasteiger partial charge in [-0.15, -0.1) is 0 Å². The summed E-state index contributed by atoms with van der Waals surface area (Å²) in [6.45, 7) is 4.25. The summed E-state index contributed by atoms with van der Waals surface area (Å²) in [5, 5.41) is 7.04. The molecule has 0 saturated heterocycles. The Morgan fingerprint density at radius 3 is 2.74 bits per heavy atom. The van der Waals surface area contributed by atoms with Crippen molar-refractivity contribution in [3.05, 3.63) is 63.6 Å². The van der Waals surface area contributed by atoms with E-state index in [2.05, 4.69) is 71.2 Å². The maximum absolute atomic E-state index is 6.15. The summed E-state index contributed by atoms with van der Waals surface area (Å²) in [6.07, 6.45) is 1.85. The number of hydrazone groups is 1. The van der Waals surface area contributed by atoms with Crippen LogP contribution in [0.25, 0.3) is 0 Å². The van der Waals surface area contributed by atoms with Crippen molar-refractivity contribution in [1.82, 2.24) is 5.01 Å². The fraction of sp³-hybridized carbons (Fsp3) is 0.316. The second kappa shape index (κ2) is 5.68. The predicted octanol–water partition coefficient (Wildman–Crippen LogP) is 5.04. The molecule has 0 aliphatic carbocycles. The van der Waals surface area contributed by atoms with Crippen LogP contribution in [0, 0.1) is 6.92 Å². The third kappa shape index (κ3) is 2.55. The monoisotopic (exact) mass is 370 g/mol. The third-order valence-corrected chi connectivity index (χ3v) is 5.06. The summed E-state index contributed by atoms with van der Waals surface area (Å²) in [5.74, 6) is 0.988. The molecule has 0 radical (unpaired) electrons. The van der Waals surface area contributed by atoms with E-state index in [1.54, 1.807) is 0 Å². The molecular formula is C19H19BrN2O. The molecule has 2 heterocycles. The first-order valence-electron chi connectivity index (χ1n) is 8.04. The van der Waals surface area contributed by atoms with Crippen molar-refractivity contribution in [2.75, 3.05) is 0 Å². The van der Waals surface area contributed by atoms with Crippen LogP contribution in [0.2, 0.25) is 0 Å². The van der Waals surface area contributed by atoms with Gasteiger partial charge in [0, 0.05) is 22.9 Å². The highest BCUT2D eigenvalue weighted by molar-refractivity contribution is 9.10. The van der Waals surface area contributed by atoms with Crippen molar-refractivity contribution in [3.63, 3.8) is 0 Å². The molecule has 2 aliphatic heterocycles. The summed E-state index contributed by atoms with van der Waals surface area (Å²) in [6, 6.07) is 15.1. The van der Waals surface area contributed by atoms with Gasteiger partial charge in [-0.05, 0) is 30.7 Å². The van der Waals surface area contributed by atoms with E-state index in [-0.39, 0.29) is 12.3 Å². The minimum atomic E-state index is 0.0108. The molecule has 0 aromatic heterocycles. The average Bonchev–Trinajstić information content (AvgIpc) is 3.00. The summed E-state index contributed by atoms with van der Waals surface area (Å²) in [5.41, 5.74) is 4.84. The van der Waals surface area contributed by atoms with Gasteiger partial charge in [0.15, 0.2) is 6.23 Å². The summed E-state index contributed by atoms with van der Waals surface area (Å²) in [7, 11) is 0. The Labute approximate surface area is 145 Å². The van der Waals surface area contributed by atoms with Crippen LogP contribution in [-0.2, 0) is 0 Å². The van der Waals surface area contributed by atoms with Gasteiger partial charge in [0.1, 0.15) is 5.75 Å². The first kappa shape index (κ1) is 14.8. The third-order valence-electron chi connectivity index (χ3n) is 4.57. The van der Waals surface area contributed by atoms with Gasteiger partial charge in [-0.2, -0.15) is 5.10 Å². The Morgan fingerprint density at radius 2 is 2.00 bits per heavy atom. The normalized spacial score (nSPS) is 22.2. The molecule has 0 spiro atoms. The smallest absolute Gasteiger partial charge is 0.187 e. The number of ether oxygens (including phenoxy) is 1. The molecule has 0 amide bonds. The molecule has 2 aromatic carbocycles. The second-order valence-electron chi connectivity index (χ2n) is 6.18. The molecule has 2 aromatic rings. The van der Waals surface area contributed by atoms with Crippen molar-refractivity contribution in [2.45, 2.75) is 39.0 Å². The van der Waals surface area contributed by atoms with Crippen LogP contribution in [0.1, 0.15) is 42.5 Å². The molecule has 2 atom stereocenters. The van der Waals surface area contributed by atoms with E-state index in [1.165, 1.54) is 16.7 Å². The lowest BCUT2D eigenvalue weighted by Crippen LogP contribution is -2.39. The van der Waals surface area contributed by atoms with Gasteiger partial charge >= 0.3 is 0 Å². The van der Waals surface area contributed by atoms with Crippen molar-refractivity contribution < 1.29 is 4.74 Å². The zero-order valence-electron chi connectivity index (χ0n) is 13.3. The Bertz CT molecular complexity index is 769. The molecule has 3 nitrogen and oxygen atoms in total. The largest absolute Gasteiger partial charge is 0.469 e. The molecular weight excluding hydrogens is 352 g/mol. The fourth-order valence-corrected chi connectivity index (χ4v) is 3.70. The number of nitrogens with zero attached hydrogens (tertiary/aromatic N) is 2. The summed E-state index contributed by atoms with van der Waals surface area (Å²) in [4.78, 5) is 0.